The first-order valence-electron chi connectivity index (χ1n) is 48.6. The molecule has 0 bridgehead atoms. The summed E-state index contributed by atoms with van der Waals surface area (Å²) in [7, 11) is 0. The fraction of sp³-hybridized carbons (Fsp3) is 1.00. The summed E-state index contributed by atoms with van der Waals surface area (Å²) in [5.41, 5.74) is 0.458. The zero-order valence-electron chi connectivity index (χ0n) is 65.9. The Balaban J connectivity index is 0.752. The zero-order valence-corrected chi connectivity index (χ0v) is 65.9. The molecular formula is C96H158BN3. The predicted molar refractivity (Wildman–Crippen MR) is 420 cm³/mol. The molecule has 0 radical (unpaired) electrons. The maximum Gasteiger partial charge on any atom is 0.156 e. The molecule has 0 spiro atoms. The minimum atomic E-state index is 0.458. The quantitative estimate of drug-likeness (QED) is 0.213. The molecular weight excluding hydrogens is 1210 g/mol. The van der Waals surface area contributed by atoms with E-state index in [9.17, 15) is 0 Å². The van der Waals surface area contributed by atoms with Crippen LogP contribution in [0.5, 0.6) is 0 Å². The van der Waals surface area contributed by atoms with Crippen LogP contribution in [-0.4, -0.2) is 75.8 Å². The molecule has 560 valence electrons. The number of likely N-dealkylation sites (tertiary alicyclic amines) is 1. The van der Waals surface area contributed by atoms with Crippen LogP contribution in [0.25, 0.3) is 0 Å². The van der Waals surface area contributed by atoms with E-state index in [1.165, 1.54) is 12.8 Å². The highest BCUT2D eigenvalue weighted by molar-refractivity contribution is 6.65. The van der Waals surface area contributed by atoms with E-state index in [-0.39, 0.29) is 0 Å². The number of fused-ring (bicyclic) bond motifs is 9. The van der Waals surface area contributed by atoms with Crippen LogP contribution < -0.4 is 0 Å². The average molecular weight is 1370 g/mol. The van der Waals surface area contributed by atoms with E-state index in [0.717, 1.165) is 215 Å². The lowest BCUT2D eigenvalue weighted by molar-refractivity contribution is -0.153. The summed E-state index contributed by atoms with van der Waals surface area (Å²) in [5, 5.41) is 0. The molecule has 3 nitrogen and oxygen atoms in total. The number of rotatable bonds is 9. The molecule has 27 unspecified atom stereocenters. The van der Waals surface area contributed by atoms with Gasteiger partial charge in [0.05, 0.1) is 0 Å². The zero-order chi connectivity index (χ0) is 66.3. The Hall–Kier alpha value is -0.0551. The lowest BCUT2D eigenvalue weighted by Gasteiger charge is -2.72. The van der Waals surface area contributed by atoms with Crippen molar-refractivity contribution in [3.05, 3.63) is 0 Å². The van der Waals surface area contributed by atoms with Crippen molar-refractivity contribution < 1.29 is 0 Å². The van der Waals surface area contributed by atoms with Gasteiger partial charge in [0.1, 0.15) is 0 Å². The highest BCUT2D eigenvalue weighted by Crippen LogP contribution is 2.71. The maximum atomic E-state index is 4.01. The third-order valence-electron chi connectivity index (χ3n) is 40.6. The molecule has 0 aromatic rings. The van der Waals surface area contributed by atoms with E-state index in [2.05, 4.69) is 35.5 Å². The van der Waals surface area contributed by atoms with Crippen LogP contribution in [0.2, 0.25) is 17.5 Å². The molecule has 27 atom stereocenters. The molecule has 100 heavy (non-hydrogen) atoms. The minimum absolute atomic E-state index is 0.458. The molecule has 3 heterocycles. The minimum Gasteiger partial charge on any atom is -0.295 e. The number of hydrogen-bond acceptors (Lipinski definition) is 3. The standard InChI is InChI=1S/C96H158BN3/c1-96(2,3)71-50-47-61(48-51-71)70-58-89-93-90(59-70)100(95-75(64-29-12-6-13-30-64)40-24-41-76(95)65-31-14-7-15-32-65)88-60-72(98-85-45-18-16-36-77(85)78-37-17-19-46-86(78)98)52-53-83(88)97(93)84-57-67(69-55-68-35-22-43-80-79-42-20-33-66-34-21-44-81(91(66)79)82(56-69)92(68)80)49-54-87(84)99(89)94-73(62-25-8-4-9-26-62)38-23-39-74(94)63-27-10-5-11-28-63/h61-95H,4-60H2,1-3H3. The van der Waals surface area contributed by atoms with E-state index < -0.39 is 0 Å². The van der Waals surface area contributed by atoms with Crippen molar-refractivity contribution >= 4 is 6.71 Å². The van der Waals surface area contributed by atoms with E-state index in [1.807, 2.05) is 0 Å². The van der Waals surface area contributed by atoms with Gasteiger partial charge in [-0.25, -0.2) is 0 Å². The van der Waals surface area contributed by atoms with Crippen molar-refractivity contribution in [1.29, 1.82) is 0 Å². The fourth-order valence-corrected chi connectivity index (χ4v) is 37.5. The normalized spacial score (nSPS) is 51.9. The van der Waals surface area contributed by atoms with E-state index in [0.29, 0.717) is 5.41 Å². The smallest absolute Gasteiger partial charge is 0.156 e. The first-order valence-corrected chi connectivity index (χ1v) is 48.6. The van der Waals surface area contributed by atoms with Gasteiger partial charge in [-0.05, 0) is 307 Å². The highest BCUT2D eigenvalue weighted by Gasteiger charge is 2.70. The molecule has 0 aromatic carbocycles. The molecule has 4 heteroatoms. The summed E-state index contributed by atoms with van der Waals surface area (Å²) >= 11 is 0. The van der Waals surface area contributed by atoms with Crippen molar-refractivity contribution in [2.45, 2.75) is 459 Å². The first-order chi connectivity index (χ1) is 49.3. The summed E-state index contributed by atoms with van der Waals surface area (Å²) in [6, 6.07) is 7.97. The second-order valence-electron chi connectivity index (χ2n) is 44.8. The van der Waals surface area contributed by atoms with Crippen molar-refractivity contribution in [2.75, 3.05) is 0 Å². The van der Waals surface area contributed by atoms with Crippen molar-refractivity contribution in [2.24, 2.45) is 142 Å². The summed E-state index contributed by atoms with van der Waals surface area (Å²) < 4.78 is 0. The lowest BCUT2D eigenvalue weighted by atomic mass is 9.18. The molecule has 20 fully saturated rings. The van der Waals surface area contributed by atoms with Gasteiger partial charge in [-0.15, -0.1) is 0 Å². The largest absolute Gasteiger partial charge is 0.295 e. The second kappa shape index (κ2) is 29.3. The van der Waals surface area contributed by atoms with Crippen LogP contribution in [0.15, 0.2) is 0 Å². The summed E-state index contributed by atoms with van der Waals surface area (Å²) in [6.07, 6.45) is 90.9. The topological polar surface area (TPSA) is 9.72 Å². The monoisotopic (exact) mass is 1360 g/mol. The number of nitrogens with zero attached hydrogens (tertiary/aromatic N) is 3. The summed E-state index contributed by atoms with van der Waals surface area (Å²) in [6.45, 7) is 8.96. The lowest BCUT2D eigenvalue weighted by Crippen LogP contribution is -2.77. The van der Waals surface area contributed by atoms with Gasteiger partial charge in [-0.3, -0.25) is 14.7 Å². The predicted octanol–water partition coefficient (Wildman–Crippen LogP) is 25.5. The SMILES string of the molecule is CC(C)(C)C1CCC(C2CC3C4B(C5CC(C6CC7CCCC8C9CCCC%10CCCC(C(C6)C78)C%109)CCC5N3C3C(C5CCCCC5)CCCC3C3CCCCC3)C3CCC(N5C6CCCCC6C6CCCCC65)CC3N(C3C(C5CCCCC5)CCCC3C3CCCCC3)C4C2)CC1. The van der Waals surface area contributed by atoms with Crippen LogP contribution >= 0.6 is 0 Å². The third-order valence-corrected chi connectivity index (χ3v) is 40.6. The van der Waals surface area contributed by atoms with Gasteiger partial charge in [0, 0.05) is 54.4 Å². The molecule has 17 saturated carbocycles. The molecule has 0 amide bonds. The number of hydrogen-bond donors (Lipinski definition) is 0. The van der Waals surface area contributed by atoms with Crippen LogP contribution in [0, 0.1) is 142 Å². The van der Waals surface area contributed by atoms with Crippen molar-refractivity contribution in [1.82, 2.24) is 14.7 Å². The molecule has 0 aromatic heterocycles. The Morgan fingerprint density at radius 1 is 0.220 bits per heavy atom. The Labute approximate surface area is 617 Å². The molecule has 20 aliphatic rings. The third kappa shape index (κ3) is 12.3. The summed E-state index contributed by atoms with van der Waals surface area (Å²) in [4.78, 5) is 11.6. The van der Waals surface area contributed by atoms with Crippen LogP contribution in [0.1, 0.15) is 387 Å². The maximum absolute atomic E-state index is 4.01. The van der Waals surface area contributed by atoms with Gasteiger partial charge in [-0.2, -0.15) is 0 Å². The fourth-order valence-electron chi connectivity index (χ4n) is 37.5. The van der Waals surface area contributed by atoms with Gasteiger partial charge in [0.15, 0.2) is 6.71 Å². The van der Waals surface area contributed by atoms with Crippen LogP contribution in [-0.2, 0) is 0 Å². The Kier molecular flexibility index (Phi) is 20.3. The van der Waals surface area contributed by atoms with E-state index >= 15 is 0 Å². The van der Waals surface area contributed by atoms with Gasteiger partial charge < -0.3 is 0 Å². The first kappa shape index (κ1) is 69.2. The van der Waals surface area contributed by atoms with Crippen LogP contribution in [0.4, 0.5) is 0 Å². The average Bonchev–Trinajstić information content (AvgIpc) is 0.753. The Morgan fingerprint density at radius 2 is 0.630 bits per heavy atom. The molecule has 3 aliphatic heterocycles. The molecule has 20 rings (SSSR count). The van der Waals surface area contributed by atoms with Gasteiger partial charge in [0.2, 0.25) is 0 Å². The Bertz CT molecular complexity index is 2610. The van der Waals surface area contributed by atoms with Crippen molar-refractivity contribution in [3.8, 4) is 0 Å². The Morgan fingerprint density at radius 3 is 1.15 bits per heavy atom. The van der Waals surface area contributed by atoms with Gasteiger partial charge in [0.25, 0.3) is 0 Å². The van der Waals surface area contributed by atoms with Gasteiger partial charge in [-0.1, -0.05) is 239 Å². The van der Waals surface area contributed by atoms with Crippen LogP contribution in [0.3, 0.4) is 0 Å². The van der Waals surface area contributed by atoms with E-state index in [4.69, 9.17) is 0 Å². The highest BCUT2D eigenvalue weighted by atomic mass is 15.3. The molecule has 0 N–H and O–H groups in total. The van der Waals surface area contributed by atoms with E-state index in [1.54, 1.807) is 353 Å². The van der Waals surface area contributed by atoms with Gasteiger partial charge >= 0.3 is 0 Å². The molecule has 3 saturated heterocycles. The second-order valence-corrected chi connectivity index (χ2v) is 44.8. The summed E-state index contributed by atoms with van der Waals surface area (Å²) in [5.74, 6) is 26.8. The van der Waals surface area contributed by atoms with Crippen molar-refractivity contribution in [3.63, 3.8) is 0 Å². The molecule has 17 aliphatic carbocycles.